The third-order valence-electron chi connectivity index (χ3n) is 3.16. The molecule has 0 spiro atoms. The molecule has 1 aromatic heterocycles. The van der Waals surface area contributed by atoms with Crippen LogP contribution in [-0.4, -0.2) is 18.6 Å². The van der Waals surface area contributed by atoms with Gasteiger partial charge < -0.3 is 4.90 Å². The highest BCUT2D eigenvalue weighted by Gasteiger charge is 2.14. The molecule has 2 nitrogen and oxygen atoms in total. The Morgan fingerprint density at radius 3 is 3.12 bits per heavy atom. The number of aromatic nitrogens is 1. The zero-order valence-electron chi connectivity index (χ0n) is 9.31. The third kappa shape index (κ3) is 1.61. The number of thiazole rings is 1. The van der Waals surface area contributed by atoms with E-state index in [0.29, 0.717) is 0 Å². The first-order valence-corrected chi connectivity index (χ1v) is 6.51. The molecular formula is C13H14N2S. The predicted molar refractivity (Wildman–Crippen MR) is 69.1 cm³/mol. The molecule has 0 aliphatic carbocycles. The Morgan fingerprint density at radius 1 is 1.38 bits per heavy atom. The molecule has 1 aliphatic heterocycles. The standard InChI is InChI=1S/C13H14N2S/c1-15-6-2-3-11-7-10(4-5-13(11)15)12-8-16-9-14-12/h4-5,7-9H,2-3,6H2,1H3. The van der Waals surface area contributed by atoms with Gasteiger partial charge in [0.15, 0.2) is 0 Å². The molecule has 2 heterocycles. The van der Waals surface area contributed by atoms with Crippen molar-refractivity contribution < 1.29 is 0 Å². The second-order valence-corrected chi connectivity index (χ2v) is 4.96. The summed E-state index contributed by atoms with van der Waals surface area (Å²) in [6.07, 6.45) is 2.45. The zero-order chi connectivity index (χ0) is 11.0. The van der Waals surface area contributed by atoms with E-state index in [2.05, 4.69) is 40.5 Å². The lowest BCUT2D eigenvalue weighted by Crippen LogP contribution is -2.24. The fourth-order valence-electron chi connectivity index (χ4n) is 2.30. The minimum absolute atomic E-state index is 1.10. The van der Waals surface area contributed by atoms with Gasteiger partial charge in [0.05, 0.1) is 11.2 Å². The molecule has 3 heteroatoms. The molecule has 0 radical (unpaired) electrons. The second kappa shape index (κ2) is 3.91. The quantitative estimate of drug-likeness (QED) is 0.748. The van der Waals surface area contributed by atoms with Gasteiger partial charge >= 0.3 is 0 Å². The lowest BCUT2D eigenvalue weighted by Gasteiger charge is -2.27. The van der Waals surface area contributed by atoms with Gasteiger partial charge in [0.25, 0.3) is 0 Å². The van der Waals surface area contributed by atoms with Crippen LogP contribution < -0.4 is 4.90 Å². The van der Waals surface area contributed by atoms with Crippen molar-refractivity contribution in [2.75, 3.05) is 18.5 Å². The average molecular weight is 230 g/mol. The summed E-state index contributed by atoms with van der Waals surface area (Å²) in [7, 11) is 2.17. The molecule has 0 saturated carbocycles. The Labute approximate surface area is 99.6 Å². The normalized spacial score (nSPS) is 14.9. The smallest absolute Gasteiger partial charge is 0.0811 e. The van der Waals surface area contributed by atoms with Gasteiger partial charge in [0.2, 0.25) is 0 Å². The summed E-state index contributed by atoms with van der Waals surface area (Å²) in [5.74, 6) is 0. The van der Waals surface area contributed by atoms with Gasteiger partial charge in [0, 0.05) is 30.2 Å². The van der Waals surface area contributed by atoms with Crippen LogP contribution in [0.25, 0.3) is 11.3 Å². The van der Waals surface area contributed by atoms with E-state index >= 15 is 0 Å². The lowest BCUT2D eigenvalue weighted by atomic mass is 9.99. The fourth-order valence-corrected chi connectivity index (χ4v) is 2.86. The Kier molecular flexibility index (Phi) is 2.40. The predicted octanol–water partition coefficient (Wildman–Crippen LogP) is 3.19. The lowest BCUT2D eigenvalue weighted by molar-refractivity contribution is 0.745. The highest BCUT2D eigenvalue weighted by Crippen LogP contribution is 2.30. The van der Waals surface area contributed by atoms with Crippen molar-refractivity contribution in [3.63, 3.8) is 0 Å². The Balaban J connectivity index is 2.05. The van der Waals surface area contributed by atoms with Crippen LogP contribution in [0.3, 0.4) is 0 Å². The van der Waals surface area contributed by atoms with Gasteiger partial charge in [0.1, 0.15) is 0 Å². The maximum absolute atomic E-state index is 4.36. The van der Waals surface area contributed by atoms with Crippen molar-refractivity contribution in [1.82, 2.24) is 4.98 Å². The third-order valence-corrected chi connectivity index (χ3v) is 3.74. The summed E-state index contributed by atoms with van der Waals surface area (Å²) in [6.45, 7) is 1.17. The molecule has 0 amide bonds. The number of hydrogen-bond donors (Lipinski definition) is 0. The average Bonchev–Trinajstić information content (AvgIpc) is 2.82. The van der Waals surface area contributed by atoms with Gasteiger partial charge in [-0.25, -0.2) is 4.98 Å². The van der Waals surface area contributed by atoms with E-state index in [9.17, 15) is 0 Å². The number of hydrogen-bond acceptors (Lipinski definition) is 3. The largest absolute Gasteiger partial charge is 0.374 e. The van der Waals surface area contributed by atoms with Crippen LogP contribution in [0.2, 0.25) is 0 Å². The molecule has 1 aromatic carbocycles. The maximum atomic E-state index is 4.36. The molecule has 0 N–H and O–H groups in total. The molecule has 0 saturated heterocycles. The summed E-state index contributed by atoms with van der Waals surface area (Å²) in [4.78, 5) is 6.70. The van der Waals surface area contributed by atoms with E-state index in [0.717, 1.165) is 5.69 Å². The van der Waals surface area contributed by atoms with Gasteiger partial charge in [-0.2, -0.15) is 0 Å². The Bertz CT molecular complexity index is 491. The zero-order valence-corrected chi connectivity index (χ0v) is 10.1. The maximum Gasteiger partial charge on any atom is 0.0811 e. The molecular weight excluding hydrogens is 216 g/mol. The van der Waals surface area contributed by atoms with Gasteiger partial charge in [-0.1, -0.05) is 6.07 Å². The molecule has 3 rings (SSSR count). The SMILES string of the molecule is CN1CCCc2cc(-c3cscn3)ccc21. The summed E-state index contributed by atoms with van der Waals surface area (Å²) in [5, 5.41) is 2.11. The molecule has 0 bridgehead atoms. The van der Waals surface area contributed by atoms with Crippen molar-refractivity contribution in [2.24, 2.45) is 0 Å². The van der Waals surface area contributed by atoms with E-state index in [1.165, 1.54) is 36.2 Å². The molecule has 0 unspecified atom stereocenters. The molecule has 0 atom stereocenters. The van der Waals surface area contributed by atoms with E-state index < -0.39 is 0 Å². The highest BCUT2D eigenvalue weighted by atomic mass is 32.1. The number of fused-ring (bicyclic) bond motifs is 1. The molecule has 82 valence electrons. The first kappa shape index (κ1) is 9.85. The van der Waals surface area contributed by atoms with Crippen molar-refractivity contribution in [3.05, 3.63) is 34.7 Å². The van der Waals surface area contributed by atoms with E-state index in [-0.39, 0.29) is 0 Å². The monoisotopic (exact) mass is 230 g/mol. The Hall–Kier alpha value is -1.35. The van der Waals surface area contributed by atoms with Crippen molar-refractivity contribution >= 4 is 17.0 Å². The van der Waals surface area contributed by atoms with Gasteiger partial charge in [-0.3, -0.25) is 0 Å². The summed E-state index contributed by atoms with van der Waals surface area (Å²) in [6, 6.07) is 6.69. The van der Waals surface area contributed by atoms with Crippen molar-refractivity contribution in [1.29, 1.82) is 0 Å². The fraction of sp³-hybridized carbons (Fsp3) is 0.308. The molecule has 1 aliphatic rings. The first-order chi connectivity index (χ1) is 7.84. The molecule has 0 fully saturated rings. The van der Waals surface area contributed by atoms with Crippen LogP contribution >= 0.6 is 11.3 Å². The van der Waals surface area contributed by atoms with Crippen molar-refractivity contribution in [2.45, 2.75) is 12.8 Å². The van der Waals surface area contributed by atoms with Crippen LogP contribution in [0, 0.1) is 0 Å². The molecule has 2 aromatic rings. The van der Waals surface area contributed by atoms with Crippen LogP contribution in [0.15, 0.2) is 29.1 Å². The summed E-state index contributed by atoms with van der Waals surface area (Å²) >= 11 is 1.65. The van der Waals surface area contributed by atoms with Crippen LogP contribution in [-0.2, 0) is 6.42 Å². The topological polar surface area (TPSA) is 16.1 Å². The van der Waals surface area contributed by atoms with Gasteiger partial charge in [-0.05, 0) is 30.5 Å². The minimum atomic E-state index is 1.10. The van der Waals surface area contributed by atoms with E-state index in [1.54, 1.807) is 11.3 Å². The van der Waals surface area contributed by atoms with Crippen molar-refractivity contribution in [3.8, 4) is 11.3 Å². The molecule has 16 heavy (non-hydrogen) atoms. The minimum Gasteiger partial charge on any atom is -0.374 e. The first-order valence-electron chi connectivity index (χ1n) is 5.57. The van der Waals surface area contributed by atoms with Crippen LogP contribution in [0.4, 0.5) is 5.69 Å². The van der Waals surface area contributed by atoms with Crippen LogP contribution in [0.5, 0.6) is 0 Å². The summed E-state index contributed by atoms with van der Waals surface area (Å²) < 4.78 is 0. The number of benzene rings is 1. The van der Waals surface area contributed by atoms with E-state index in [1.807, 2.05) is 5.51 Å². The number of nitrogens with zero attached hydrogens (tertiary/aromatic N) is 2. The van der Waals surface area contributed by atoms with Gasteiger partial charge in [-0.15, -0.1) is 11.3 Å². The van der Waals surface area contributed by atoms with E-state index in [4.69, 9.17) is 0 Å². The second-order valence-electron chi connectivity index (χ2n) is 4.24. The highest BCUT2D eigenvalue weighted by molar-refractivity contribution is 7.07. The number of anilines is 1. The number of rotatable bonds is 1. The summed E-state index contributed by atoms with van der Waals surface area (Å²) in [5.41, 5.74) is 7.07. The Morgan fingerprint density at radius 2 is 2.31 bits per heavy atom. The number of aryl methyl sites for hydroxylation is 1. The van der Waals surface area contributed by atoms with Crippen LogP contribution in [0.1, 0.15) is 12.0 Å².